The molecular weight excluding hydrogens is 230 g/mol. The van der Waals surface area contributed by atoms with Crippen molar-refractivity contribution in [3.8, 4) is 0 Å². The van der Waals surface area contributed by atoms with Crippen LogP contribution in [0.15, 0.2) is 30.5 Å². The summed E-state index contributed by atoms with van der Waals surface area (Å²) in [6, 6.07) is 9.01. The Bertz CT molecular complexity index is 529. The zero-order valence-electron chi connectivity index (χ0n) is 10.2. The number of aromatic nitrogens is 1. The fourth-order valence-electron chi connectivity index (χ4n) is 3.12. The van der Waals surface area contributed by atoms with Gasteiger partial charge in [0.2, 0.25) is 0 Å². The molecule has 2 aromatic rings. The van der Waals surface area contributed by atoms with E-state index in [1.165, 1.54) is 36.6 Å². The fraction of sp³-hybridized carbons (Fsp3) is 0.467. The first-order chi connectivity index (χ1) is 8.25. The van der Waals surface area contributed by atoms with E-state index in [1.807, 2.05) is 12.1 Å². The third-order valence-corrected chi connectivity index (χ3v) is 4.34. The standard InChI is InChI=1S/C15H18ClN/c1-11-4-2-5-12(10-11)17-9-8-13-14(16)6-3-7-15(13)17/h3,6-9,11-12H,2,4-5,10H2,1H3. The Kier molecular flexibility index (Phi) is 2.87. The molecule has 0 amide bonds. The lowest BCUT2D eigenvalue weighted by molar-refractivity contribution is 0.287. The molecule has 3 rings (SSSR count). The van der Waals surface area contributed by atoms with Crippen LogP contribution in [0.2, 0.25) is 5.02 Å². The van der Waals surface area contributed by atoms with Crippen molar-refractivity contribution in [1.82, 2.24) is 4.57 Å². The Morgan fingerprint density at radius 3 is 2.94 bits per heavy atom. The number of benzene rings is 1. The molecule has 1 aliphatic rings. The summed E-state index contributed by atoms with van der Waals surface area (Å²) in [5.74, 6) is 0.852. The number of hydrogen-bond acceptors (Lipinski definition) is 0. The summed E-state index contributed by atoms with van der Waals surface area (Å²) >= 11 is 6.22. The summed E-state index contributed by atoms with van der Waals surface area (Å²) < 4.78 is 2.43. The summed E-state index contributed by atoms with van der Waals surface area (Å²) in [6.07, 6.45) is 7.55. The summed E-state index contributed by atoms with van der Waals surface area (Å²) in [4.78, 5) is 0. The molecule has 0 N–H and O–H groups in total. The molecule has 1 saturated carbocycles. The van der Waals surface area contributed by atoms with Crippen LogP contribution in [-0.2, 0) is 0 Å². The molecule has 1 heterocycles. The largest absolute Gasteiger partial charge is 0.344 e. The molecule has 1 aromatic heterocycles. The normalized spacial score (nSPS) is 25.3. The second-order valence-corrected chi connectivity index (χ2v) is 5.73. The van der Waals surface area contributed by atoms with Crippen LogP contribution in [0.25, 0.3) is 10.9 Å². The van der Waals surface area contributed by atoms with E-state index in [0.29, 0.717) is 6.04 Å². The number of fused-ring (bicyclic) bond motifs is 1. The number of hydrogen-bond donors (Lipinski definition) is 0. The molecule has 2 unspecified atom stereocenters. The van der Waals surface area contributed by atoms with Gasteiger partial charge < -0.3 is 4.57 Å². The van der Waals surface area contributed by atoms with Gasteiger partial charge in [0, 0.05) is 28.2 Å². The Morgan fingerprint density at radius 1 is 1.24 bits per heavy atom. The van der Waals surface area contributed by atoms with Crippen molar-refractivity contribution in [2.75, 3.05) is 0 Å². The SMILES string of the molecule is CC1CCCC(n2ccc3c(Cl)cccc32)C1. The monoisotopic (exact) mass is 247 g/mol. The van der Waals surface area contributed by atoms with Crippen molar-refractivity contribution in [3.05, 3.63) is 35.5 Å². The molecule has 0 saturated heterocycles. The van der Waals surface area contributed by atoms with E-state index >= 15 is 0 Å². The van der Waals surface area contributed by atoms with Gasteiger partial charge in [-0.25, -0.2) is 0 Å². The van der Waals surface area contributed by atoms with Gasteiger partial charge in [-0.3, -0.25) is 0 Å². The van der Waals surface area contributed by atoms with Crippen LogP contribution in [-0.4, -0.2) is 4.57 Å². The highest BCUT2D eigenvalue weighted by Crippen LogP contribution is 2.35. The minimum Gasteiger partial charge on any atom is -0.344 e. The predicted octanol–water partition coefficient (Wildman–Crippen LogP) is 5.05. The minimum atomic E-state index is 0.662. The van der Waals surface area contributed by atoms with Crippen molar-refractivity contribution in [2.24, 2.45) is 5.92 Å². The van der Waals surface area contributed by atoms with Crippen molar-refractivity contribution >= 4 is 22.5 Å². The third kappa shape index (κ3) is 1.97. The molecule has 1 fully saturated rings. The molecule has 0 bridgehead atoms. The number of nitrogens with zero attached hydrogens (tertiary/aromatic N) is 1. The van der Waals surface area contributed by atoms with Crippen LogP contribution in [0, 0.1) is 5.92 Å². The van der Waals surface area contributed by atoms with Crippen LogP contribution in [0.4, 0.5) is 0 Å². The lowest BCUT2D eigenvalue weighted by Crippen LogP contribution is -2.16. The van der Waals surface area contributed by atoms with Gasteiger partial charge in [0.15, 0.2) is 0 Å². The first kappa shape index (κ1) is 11.2. The summed E-state index contributed by atoms with van der Waals surface area (Å²) in [5.41, 5.74) is 1.29. The molecule has 0 radical (unpaired) electrons. The Hall–Kier alpha value is -0.950. The molecule has 1 nitrogen and oxygen atoms in total. The molecule has 2 heteroatoms. The molecule has 1 aliphatic carbocycles. The average molecular weight is 248 g/mol. The van der Waals surface area contributed by atoms with Crippen LogP contribution < -0.4 is 0 Å². The Morgan fingerprint density at radius 2 is 2.12 bits per heavy atom. The second-order valence-electron chi connectivity index (χ2n) is 5.32. The molecule has 0 spiro atoms. The molecular formula is C15H18ClN. The first-order valence-electron chi connectivity index (χ1n) is 6.51. The number of rotatable bonds is 1. The van der Waals surface area contributed by atoms with Crippen LogP contribution in [0.3, 0.4) is 0 Å². The van der Waals surface area contributed by atoms with Gasteiger partial charge in [0.1, 0.15) is 0 Å². The molecule has 0 aliphatic heterocycles. The van der Waals surface area contributed by atoms with Gasteiger partial charge in [0.25, 0.3) is 0 Å². The van der Waals surface area contributed by atoms with E-state index in [2.05, 4.69) is 29.8 Å². The van der Waals surface area contributed by atoms with E-state index < -0.39 is 0 Å². The molecule has 17 heavy (non-hydrogen) atoms. The van der Waals surface area contributed by atoms with E-state index in [1.54, 1.807) is 0 Å². The van der Waals surface area contributed by atoms with Gasteiger partial charge >= 0.3 is 0 Å². The van der Waals surface area contributed by atoms with Gasteiger partial charge in [-0.05, 0) is 37.0 Å². The highest BCUT2D eigenvalue weighted by Gasteiger charge is 2.21. The Labute approximate surface area is 107 Å². The lowest BCUT2D eigenvalue weighted by Gasteiger charge is -2.28. The van der Waals surface area contributed by atoms with Gasteiger partial charge in [-0.2, -0.15) is 0 Å². The van der Waals surface area contributed by atoms with Crippen molar-refractivity contribution < 1.29 is 0 Å². The minimum absolute atomic E-state index is 0.662. The van der Waals surface area contributed by atoms with Crippen molar-refractivity contribution in [3.63, 3.8) is 0 Å². The fourth-order valence-corrected chi connectivity index (χ4v) is 3.36. The molecule has 1 aromatic carbocycles. The smallest absolute Gasteiger partial charge is 0.0499 e. The average Bonchev–Trinajstić information content (AvgIpc) is 2.74. The first-order valence-corrected chi connectivity index (χ1v) is 6.88. The third-order valence-electron chi connectivity index (χ3n) is 4.01. The van der Waals surface area contributed by atoms with E-state index in [4.69, 9.17) is 11.6 Å². The van der Waals surface area contributed by atoms with Crippen LogP contribution in [0.1, 0.15) is 38.6 Å². The predicted molar refractivity (Wildman–Crippen MR) is 73.6 cm³/mol. The quantitative estimate of drug-likeness (QED) is 0.665. The van der Waals surface area contributed by atoms with Crippen molar-refractivity contribution in [1.29, 1.82) is 0 Å². The maximum absolute atomic E-state index is 6.22. The zero-order chi connectivity index (χ0) is 11.8. The second kappa shape index (κ2) is 4.38. The van der Waals surface area contributed by atoms with Gasteiger partial charge in [-0.1, -0.05) is 37.4 Å². The molecule has 90 valence electrons. The lowest BCUT2D eigenvalue weighted by atomic mass is 9.87. The zero-order valence-corrected chi connectivity index (χ0v) is 11.0. The van der Waals surface area contributed by atoms with Crippen LogP contribution in [0.5, 0.6) is 0 Å². The van der Waals surface area contributed by atoms with Crippen LogP contribution >= 0.6 is 11.6 Å². The maximum Gasteiger partial charge on any atom is 0.0499 e. The van der Waals surface area contributed by atoms with E-state index in [-0.39, 0.29) is 0 Å². The topological polar surface area (TPSA) is 4.93 Å². The molecule has 2 atom stereocenters. The Balaban J connectivity index is 2.02. The van der Waals surface area contributed by atoms with E-state index in [9.17, 15) is 0 Å². The van der Waals surface area contributed by atoms with Gasteiger partial charge in [-0.15, -0.1) is 0 Å². The maximum atomic E-state index is 6.22. The summed E-state index contributed by atoms with van der Waals surface area (Å²) in [5, 5.41) is 2.05. The summed E-state index contributed by atoms with van der Waals surface area (Å²) in [7, 11) is 0. The van der Waals surface area contributed by atoms with Gasteiger partial charge in [0.05, 0.1) is 0 Å². The highest BCUT2D eigenvalue weighted by molar-refractivity contribution is 6.35. The van der Waals surface area contributed by atoms with Crippen molar-refractivity contribution in [2.45, 2.75) is 38.6 Å². The van der Waals surface area contributed by atoms with E-state index in [0.717, 1.165) is 10.9 Å². The summed E-state index contributed by atoms with van der Waals surface area (Å²) in [6.45, 7) is 2.37. The highest BCUT2D eigenvalue weighted by atomic mass is 35.5. The number of halogens is 1.